The molecule has 0 aliphatic carbocycles. The zero-order valence-electron chi connectivity index (χ0n) is 19.2. The van der Waals surface area contributed by atoms with Crippen LogP contribution in [0.1, 0.15) is 72.9 Å². The summed E-state index contributed by atoms with van der Waals surface area (Å²) >= 11 is 0. The van der Waals surface area contributed by atoms with Crippen molar-refractivity contribution in [3.8, 4) is 0 Å². The molecule has 1 atom stereocenters. The first-order valence-corrected chi connectivity index (χ1v) is 12.2. The third-order valence-electron chi connectivity index (χ3n) is 6.82. The molecule has 2 aliphatic heterocycles. The Hall–Kier alpha value is -2.82. The molecule has 1 N–H and O–H groups in total. The minimum Gasteiger partial charge on any atom is -0.339 e. The summed E-state index contributed by atoms with van der Waals surface area (Å²) in [5.74, 6) is 0.406. The lowest BCUT2D eigenvalue weighted by Crippen LogP contribution is -2.41. The highest BCUT2D eigenvalue weighted by Gasteiger charge is 2.26. The van der Waals surface area contributed by atoms with Gasteiger partial charge in [-0.2, -0.15) is 0 Å². The van der Waals surface area contributed by atoms with Gasteiger partial charge in [-0.15, -0.1) is 0 Å². The van der Waals surface area contributed by atoms with Crippen molar-refractivity contribution in [2.45, 2.75) is 57.8 Å². The Morgan fingerprint density at radius 2 is 1.62 bits per heavy atom. The smallest absolute Gasteiger partial charge is 0.321 e. The topological polar surface area (TPSA) is 52.7 Å². The molecule has 2 aliphatic rings. The van der Waals surface area contributed by atoms with E-state index in [1.807, 2.05) is 34.1 Å². The average molecular weight is 434 g/mol. The summed E-state index contributed by atoms with van der Waals surface area (Å²) < 4.78 is 0. The summed E-state index contributed by atoms with van der Waals surface area (Å²) in [6, 6.07) is 16.1. The number of anilines is 1. The van der Waals surface area contributed by atoms with Gasteiger partial charge in [-0.05, 0) is 67.5 Å². The van der Waals surface area contributed by atoms with E-state index in [2.05, 4.69) is 36.5 Å². The van der Waals surface area contributed by atoms with Gasteiger partial charge in [0.05, 0.1) is 0 Å². The van der Waals surface area contributed by atoms with Crippen LogP contribution in [0.2, 0.25) is 0 Å². The zero-order valence-corrected chi connectivity index (χ0v) is 19.2. The van der Waals surface area contributed by atoms with Crippen LogP contribution in [-0.2, 0) is 6.42 Å². The summed E-state index contributed by atoms with van der Waals surface area (Å²) in [5.41, 5.74) is 4.03. The number of carbonyl (C=O) groups excluding carboxylic acids is 2. The van der Waals surface area contributed by atoms with E-state index in [-0.39, 0.29) is 17.9 Å². The van der Waals surface area contributed by atoms with E-state index >= 15 is 0 Å². The van der Waals surface area contributed by atoms with Crippen molar-refractivity contribution in [2.75, 3.05) is 31.5 Å². The van der Waals surface area contributed by atoms with E-state index in [1.165, 1.54) is 18.4 Å². The molecule has 2 fully saturated rings. The molecule has 170 valence electrons. The van der Waals surface area contributed by atoms with E-state index in [0.717, 1.165) is 68.6 Å². The van der Waals surface area contributed by atoms with Gasteiger partial charge in [0.15, 0.2) is 0 Å². The Morgan fingerprint density at radius 3 is 2.34 bits per heavy atom. The highest BCUT2D eigenvalue weighted by Crippen LogP contribution is 2.28. The van der Waals surface area contributed by atoms with Crippen LogP contribution >= 0.6 is 0 Å². The molecule has 0 spiro atoms. The number of piperidine rings is 1. The highest BCUT2D eigenvalue weighted by molar-refractivity contribution is 5.94. The predicted molar refractivity (Wildman–Crippen MR) is 129 cm³/mol. The third-order valence-corrected chi connectivity index (χ3v) is 6.82. The number of nitrogens with zero attached hydrogens (tertiary/aromatic N) is 2. The fourth-order valence-corrected chi connectivity index (χ4v) is 4.84. The maximum atomic E-state index is 13.1. The Morgan fingerprint density at radius 1 is 0.906 bits per heavy atom. The van der Waals surface area contributed by atoms with Gasteiger partial charge in [-0.25, -0.2) is 4.79 Å². The van der Waals surface area contributed by atoms with Gasteiger partial charge in [0, 0.05) is 43.3 Å². The van der Waals surface area contributed by atoms with Crippen LogP contribution in [0, 0.1) is 0 Å². The number of amides is 3. The van der Waals surface area contributed by atoms with Crippen molar-refractivity contribution in [1.29, 1.82) is 0 Å². The molecule has 5 heteroatoms. The van der Waals surface area contributed by atoms with Crippen molar-refractivity contribution in [2.24, 2.45) is 0 Å². The lowest BCUT2D eigenvalue weighted by molar-refractivity contribution is 0.0761. The van der Waals surface area contributed by atoms with Crippen LogP contribution in [0.15, 0.2) is 48.5 Å². The number of hydrogen-bond acceptors (Lipinski definition) is 2. The molecule has 0 bridgehead atoms. The molecule has 3 amide bonds. The van der Waals surface area contributed by atoms with Gasteiger partial charge in [0.1, 0.15) is 0 Å². The lowest BCUT2D eigenvalue weighted by Gasteiger charge is -2.33. The van der Waals surface area contributed by atoms with Crippen LogP contribution in [-0.4, -0.2) is 47.9 Å². The van der Waals surface area contributed by atoms with Gasteiger partial charge in [0.2, 0.25) is 0 Å². The number of aryl methyl sites for hydroxylation is 1. The second-order valence-corrected chi connectivity index (χ2v) is 9.10. The quantitative estimate of drug-likeness (QED) is 0.675. The molecule has 0 aromatic heterocycles. The van der Waals surface area contributed by atoms with Gasteiger partial charge in [-0.3, -0.25) is 4.79 Å². The molecular weight excluding hydrogens is 398 g/mol. The van der Waals surface area contributed by atoms with Gasteiger partial charge in [-0.1, -0.05) is 44.0 Å². The number of rotatable bonds is 4. The molecule has 0 unspecified atom stereocenters. The summed E-state index contributed by atoms with van der Waals surface area (Å²) in [6.07, 6.45) is 7.62. The van der Waals surface area contributed by atoms with Crippen molar-refractivity contribution in [1.82, 2.24) is 9.80 Å². The normalized spacial score (nSPS) is 19.3. The van der Waals surface area contributed by atoms with Crippen LogP contribution in [0.3, 0.4) is 0 Å². The van der Waals surface area contributed by atoms with Gasteiger partial charge < -0.3 is 15.1 Å². The summed E-state index contributed by atoms with van der Waals surface area (Å²) in [6.45, 7) is 5.29. The van der Waals surface area contributed by atoms with Crippen LogP contribution in [0.25, 0.3) is 0 Å². The Kier molecular flexibility index (Phi) is 7.46. The Balaban J connectivity index is 1.40. The Labute approximate surface area is 191 Å². The second-order valence-electron chi connectivity index (χ2n) is 9.10. The standard InChI is InChI=1S/C27H35N3O2/c1-2-21-12-14-25(15-13-21)28-27(32)30-18-8-11-24(20-30)22-9-7-10-23(19-22)26(31)29-16-5-3-4-6-17-29/h7,9-10,12-15,19,24H,2-6,8,11,16-18,20H2,1H3,(H,28,32)/t24-/m1/s1. The number of likely N-dealkylation sites (tertiary alicyclic amines) is 2. The molecule has 2 heterocycles. The van der Waals surface area contributed by atoms with E-state index < -0.39 is 0 Å². The maximum absolute atomic E-state index is 13.1. The minimum atomic E-state index is -0.0456. The molecule has 0 saturated carbocycles. The molecule has 0 radical (unpaired) electrons. The molecule has 32 heavy (non-hydrogen) atoms. The van der Waals surface area contributed by atoms with Crippen LogP contribution in [0.4, 0.5) is 10.5 Å². The van der Waals surface area contributed by atoms with E-state index in [9.17, 15) is 9.59 Å². The SMILES string of the molecule is CCc1ccc(NC(=O)N2CCC[C@@H](c3cccc(C(=O)N4CCCCCC4)c3)C2)cc1. The van der Waals surface area contributed by atoms with Gasteiger partial charge in [0.25, 0.3) is 5.91 Å². The van der Waals surface area contributed by atoms with Crippen molar-refractivity contribution in [3.05, 3.63) is 65.2 Å². The molecule has 5 nitrogen and oxygen atoms in total. The summed E-state index contributed by atoms with van der Waals surface area (Å²) in [4.78, 5) is 29.8. The molecule has 4 rings (SSSR count). The van der Waals surface area contributed by atoms with Gasteiger partial charge >= 0.3 is 6.03 Å². The fourth-order valence-electron chi connectivity index (χ4n) is 4.84. The number of hydrogen-bond donors (Lipinski definition) is 1. The van der Waals surface area contributed by atoms with Crippen LogP contribution in [0.5, 0.6) is 0 Å². The Bertz CT molecular complexity index is 917. The molecule has 2 aromatic carbocycles. The maximum Gasteiger partial charge on any atom is 0.321 e. The number of benzene rings is 2. The zero-order chi connectivity index (χ0) is 22.3. The number of nitrogens with one attached hydrogen (secondary N) is 1. The third kappa shape index (κ3) is 5.50. The summed E-state index contributed by atoms with van der Waals surface area (Å²) in [5, 5.41) is 3.04. The largest absolute Gasteiger partial charge is 0.339 e. The van der Waals surface area contributed by atoms with Crippen molar-refractivity contribution in [3.63, 3.8) is 0 Å². The molecule has 2 saturated heterocycles. The average Bonchev–Trinajstić information content (AvgIpc) is 3.14. The van der Waals surface area contributed by atoms with Crippen molar-refractivity contribution < 1.29 is 9.59 Å². The second kappa shape index (κ2) is 10.7. The molecule has 2 aromatic rings. The number of carbonyl (C=O) groups is 2. The monoisotopic (exact) mass is 433 g/mol. The first-order valence-electron chi connectivity index (χ1n) is 12.2. The highest BCUT2D eigenvalue weighted by atomic mass is 16.2. The fraction of sp³-hybridized carbons (Fsp3) is 0.481. The van der Waals surface area contributed by atoms with E-state index in [0.29, 0.717) is 6.54 Å². The first kappa shape index (κ1) is 22.4. The first-order chi connectivity index (χ1) is 15.6. The van der Waals surface area contributed by atoms with Crippen molar-refractivity contribution >= 4 is 17.6 Å². The number of urea groups is 1. The lowest BCUT2D eigenvalue weighted by atomic mass is 9.89. The van der Waals surface area contributed by atoms with E-state index in [4.69, 9.17) is 0 Å². The molecular formula is C27H35N3O2. The minimum absolute atomic E-state index is 0.0456. The van der Waals surface area contributed by atoms with Crippen LogP contribution < -0.4 is 5.32 Å². The summed E-state index contributed by atoms with van der Waals surface area (Å²) in [7, 11) is 0. The van der Waals surface area contributed by atoms with E-state index in [1.54, 1.807) is 0 Å². The predicted octanol–water partition coefficient (Wildman–Crippen LogP) is 5.68.